The van der Waals surface area contributed by atoms with Crippen LogP contribution >= 0.6 is 15.9 Å². The molecule has 0 saturated carbocycles. The number of sulfone groups is 1. The number of nitrogens with one attached hydrogen (secondary N) is 2. The van der Waals surface area contributed by atoms with Gasteiger partial charge in [-0.15, -0.1) is 0 Å². The average molecular weight is 479 g/mol. The van der Waals surface area contributed by atoms with Gasteiger partial charge >= 0.3 is 12.0 Å². The Balaban J connectivity index is 2.08. The molecule has 0 radical (unpaired) electrons. The van der Waals surface area contributed by atoms with Crippen molar-refractivity contribution in [2.24, 2.45) is 5.92 Å². The van der Waals surface area contributed by atoms with E-state index in [4.69, 9.17) is 4.74 Å². The Kier molecular flexibility index (Phi) is 6.39. The van der Waals surface area contributed by atoms with Gasteiger partial charge < -0.3 is 15.4 Å². The van der Waals surface area contributed by atoms with Crippen LogP contribution in [0.15, 0.2) is 75.1 Å². The topological polar surface area (TPSA) is 102 Å². The van der Waals surface area contributed by atoms with Gasteiger partial charge in [0.1, 0.15) is 5.92 Å². The molecule has 1 saturated heterocycles. The van der Waals surface area contributed by atoms with E-state index in [2.05, 4.69) is 26.6 Å². The van der Waals surface area contributed by atoms with Gasteiger partial charge in [0.15, 0.2) is 0 Å². The number of rotatable bonds is 5. The number of carbonyl (C=O) groups is 2. The molecule has 0 spiro atoms. The molecule has 2 amide bonds. The van der Waals surface area contributed by atoms with Gasteiger partial charge in [-0.25, -0.2) is 13.2 Å². The van der Waals surface area contributed by atoms with Crippen molar-refractivity contribution in [3.8, 4) is 0 Å². The highest BCUT2D eigenvalue weighted by atomic mass is 79.9. The van der Waals surface area contributed by atoms with Crippen molar-refractivity contribution in [2.45, 2.75) is 17.9 Å². The Hall–Kier alpha value is -2.65. The smallest absolute Gasteiger partial charge is 0.319 e. The molecule has 2 atom stereocenters. The average Bonchev–Trinajstić information content (AvgIpc) is 2.68. The summed E-state index contributed by atoms with van der Waals surface area (Å²) in [4.78, 5) is 25.0. The standard InChI is InChI=1S/C20H19BrN2O5S/c1-2-28-19(24)17-16(12-29(26,27)15-10-8-14(21)9-11-15)22-20(25)23-18(17)13-6-4-3-5-7-13/h3-12,17-18H,2H2,1H3,(H2,22,23,25)/b16-12+/t17-,18-/m0/s1. The van der Waals surface area contributed by atoms with Crippen molar-refractivity contribution >= 4 is 37.8 Å². The molecule has 1 fully saturated rings. The van der Waals surface area contributed by atoms with E-state index in [1.54, 1.807) is 49.4 Å². The number of urea groups is 1. The molecule has 152 valence electrons. The zero-order valence-electron chi connectivity index (χ0n) is 15.5. The lowest BCUT2D eigenvalue weighted by molar-refractivity contribution is -0.147. The summed E-state index contributed by atoms with van der Waals surface area (Å²) in [5.74, 6) is -1.67. The van der Waals surface area contributed by atoms with Crippen molar-refractivity contribution in [1.29, 1.82) is 0 Å². The van der Waals surface area contributed by atoms with Gasteiger partial charge in [0.2, 0.25) is 9.84 Å². The molecule has 9 heteroatoms. The van der Waals surface area contributed by atoms with Crippen LogP contribution in [0.3, 0.4) is 0 Å². The highest BCUT2D eigenvalue weighted by Crippen LogP contribution is 2.32. The minimum absolute atomic E-state index is 0.0380. The molecule has 2 aromatic rings. The van der Waals surface area contributed by atoms with Gasteiger partial charge in [-0.2, -0.15) is 0 Å². The summed E-state index contributed by atoms with van der Waals surface area (Å²) in [6.07, 6.45) is 0. The predicted octanol–water partition coefficient (Wildman–Crippen LogP) is 3.30. The zero-order chi connectivity index (χ0) is 21.0. The summed E-state index contributed by atoms with van der Waals surface area (Å²) >= 11 is 3.26. The molecule has 1 aliphatic heterocycles. The molecule has 1 heterocycles. The van der Waals surface area contributed by atoms with Crippen LogP contribution in [0, 0.1) is 5.92 Å². The lowest BCUT2D eigenvalue weighted by Gasteiger charge is -2.33. The third kappa shape index (κ3) is 4.86. The van der Waals surface area contributed by atoms with Crippen molar-refractivity contribution in [2.75, 3.05) is 6.61 Å². The van der Waals surface area contributed by atoms with Crippen molar-refractivity contribution in [3.63, 3.8) is 0 Å². The maximum Gasteiger partial charge on any atom is 0.319 e. The first-order chi connectivity index (χ1) is 13.8. The highest BCUT2D eigenvalue weighted by Gasteiger charge is 2.40. The van der Waals surface area contributed by atoms with Gasteiger partial charge in [0.25, 0.3) is 0 Å². The van der Waals surface area contributed by atoms with Crippen LogP contribution in [-0.4, -0.2) is 27.0 Å². The normalized spacial score (nSPS) is 20.6. The van der Waals surface area contributed by atoms with Crippen LogP contribution in [0.4, 0.5) is 4.79 Å². The van der Waals surface area contributed by atoms with Gasteiger partial charge in [0.05, 0.1) is 23.0 Å². The quantitative estimate of drug-likeness (QED) is 0.641. The van der Waals surface area contributed by atoms with Crippen molar-refractivity contribution in [1.82, 2.24) is 10.6 Å². The van der Waals surface area contributed by atoms with E-state index in [9.17, 15) is 18.0 Å². The number of hydrogen-bond donors (Lipinski definition) is 2. The van der Waals surface area contributed by atoms with Crippen molar-refractivity contribution in [3.05, 3.63) is 75.7 Å². The molecular weight excluding hydrogens is 460 g/mol. The number of esters is 1. The maximum absolute atomic E-state index is 12.9. The SMILES string of the molecule is CCOC(=O)[C@H]1/C(=C\S(=O)(=O)c2ccc(Br)cc2)NC(=O)N[C@H]1c1ccccc1. The molecule has 2 N–H and O–H groups in total. The number of ether oxygens (including phenoxy) is 1. The number of benzene rings is 2. The van der Waals surface area contributed by atoms with E-state index < -0.39 is 33.8 Å². The third-order valence-electron chi connectivity index (χ3n) is 4.34. The van der Waals surface area contributed by atoms with Gasteiger partial charge in [-0.1, -0.05) is 46.3 Å². The van der Waals surface area contributed by atoms with Crippen LogP contribution in [0.1, 0.15) is 18.5 Å². The first-order valence-electron chi connectivity index (χ1n) is 8.83. The fourth-order valence-electron chi connectivity index (χ4n) is 3.04. The Morgan fingerprint density at radius 1 is 1.14 bits per heavy atom. The van der Waals surface area contributed by atoms with Crippen LogP contribution in [0.2, 0.25) is 0 Å². The Bertz CT molecular complexity index is 1040. The maximum atomic E-state index is 12.9. The molecule has 29 heavy (non-hydrogen) atoms. The summed E-state index contributed by atoms with van der Waals surface area (Å²) in [7, 11) is -3.92. The van der Waals surface area contributed by atoms with E-state index in [0.717, 1.165) is 9.88 Å². The van der Waals surface area contributed by atoms with E-state index in [1.165, 1.54) is 12.1 Å². The summed E-state index contributed by atoms with van der Waals surface area (Å²) in [6, 6.07) is 13.6. The van der Waals surface area contributed by atoms with Gasteiger partial charge in [-0.05, 0) is 36.8 Å². The second-order valence-electron chi connectivity index (χ2n) is 6.29. The van der Waals surface area contributed by atoms with Gasteiger partial charge in [-0.3, -0.25) is 4.79 Å². The monoisotopic (exact) mass is 478 g/mol. The zero-order valence-corrected chi connectivity index (χ0v) is 17.9. The predicted molar refractivity (Wildman–Crippen MR) is 110 cm³/mol. The Morgan fingerprint density at radius 2 is 1.79 bits per heavy atom. The van der Waals surface area contributed by atoms with Crippen molar-refractivity contribution < 1.29 is 22.7 Å². The third-order valence-corrected chi connectivity index (χ3v) is 6.36. The van der Waals surface area contributed by atoms with E-state index in [-0.39, 0.29) is 17.2 Å². The first-order valence-corrected chi connectivity index (χ1v) is 11.2. The molecule has 1 aliphatic rings. The number of carbonyl (C=O) groups excluding carboxylic acids is 2. The van der Waals surface area contributed by atoms with Crippen LogP contribution < -0.4 is 10.6 Å². The second kappa shape index (κ2) is 8.79. The Labute approximate surface area is 177 Å². The molecule has 7 nitrogen and oxygen atoms in total. The fraction of sp³-hybridized carbons (Fsp3) is 0.200. The minimum atomic E-state index is -3.92. The lowest BCUT2D eigenvalue weighted by atomic mass is 9.89. The summed E-state index contributed by atoms with van der Waals surface area (Å²) in [6.45, 7) is 1.78. The number of amides is 2. The lowest BCUT2D eigenvalue weighted by Crippen LogP contribution is -2.51. The fourth-order valence-corrected chi connectivity index (χ4v) is 4.50. The molecule has 3 rings (SSSR count). The molecule has 0 aromatic heterocycles. The molecule has 0 aliphatic carbocycles. The van der Waals surface area contributed by atoms with Crippen LogP contribution in [0.5, 0.6) is 0 Å². The summed E-state index contributed by atoms with van der Waals surface area (Å²) in [5, 5.41) is 6.08. The van der Waals surface area contributed by atoms with E-state index in [0.29, 0.717) is 5.56 Å². The largest absolute Gasteiger partial charge is 0.465 e. The summed E-state index contributed by atoms with van der Waals surface area (Å²) < 4.78 is 31.6. The van der Waals surface area contributed by atoms with Crippen LogP contribution in [-0.2, 0) is 19.4 Å². The van der Waals surface area contributed by atoms with Gasteiger partial charge in [0, 0.05) is 10.2 Å². The molecule has 0 unspecified atom stereocenters. The number of hydrogen-bond acceptors (Lipinski definition) is 5. The van der Waals surface area contributed by atoms with E-state index >= 15 is 0 Å². The minimum Gasteiger partial charge on any atom is -0.465 e. The molecule has 0 bridgehead atoms. The molecule has 2 aromatic carbocycles. The molecular formula is C20H19BrN2O5S. The second-order valence-corrected chi connectivity index (χ2v) is 9.00. The number of halogens is 1. The summed E-state index contributed by atoms with van der Waals surface area (Å²) in [5.41, 5.74) is 0.622. The van der Waals surface area contributed by atoms with E-state index in [1.807, 2.05) is 0 Å². The highest BCUT2D eigenvalue weighted by molar-refractivity contribution is 9.10. The Morgan fingerprint density at radius 3 is 2.41 bits per heavy atom. The van der Waals surface area contributed by atoms with Crippen LogP contribution in [0.25, 0.3) is 0 Å². The first kappa shape index (κ1) is 21.1.